The molecule has 0 N–H and O–H groups in total. The van der Waals surface area contributed by atoms with Gasteiger partial charge >= 0.3 is 0 Å². The van der Waals surface area contributed by atoms with Crippen LogP contribution in [0.3, 0.4) is 0 Å². The number of hydrogen-bond donors (Lipinski definition) is 0. The lowest BCUT2D eigenvalue weighted by molar-refractivity contribution is 0.0894. The van der Waals surface area contributed by atoms with Gasteiger partial charge in [0.05, 0.1) is 6.42 Å². The van der Waals surface area contributed by atoms with Gasteiger partial charge in [-0.1, -0.05) is 23.8 Å². The summed E-state index contributed by atoms with van der Waals surface area (Å²) in [6.45, 7) is 1.92. The number of aryl methyl sites for hydroxylation is 1. The Labute approximate surface area is 105 Å². The van der Waals surface area contributed by atoms with E-state index in [9.17, 15) is 9.59 Å². The molecule has 0 atom stereocenters. The Hall–Kier alpha value is -2.29. The van der Waals surface area contributed by atoms with E-state index >= 15 is 0 Å². The molecule has 1 heterocycles. The molecule has 0 aliphatic carbocycles. The second-order valence-corrected chi connectivity index (χ2v) is 4.13. The van der Waals surface area contributed by atoms with E-state index in [4.69, 9.17) is 0 Å². The van der Waals surface area contributed by atoms with Crippen molar-refractivity contribution in [2.75, 3.05) is 0 Å². The summed E-state index contributed by atoms with van der Waals surface area (Å²) in [4.78, 5) is 27.7. The number of carbonyl (C=O) groups is 2. The average Bonchev–Trinajstić information content (AvgIpc) is 2.39. The summed E-state index contributed by atoms with van der Waals surface area (Å²) in [5, 5.41) is 0. The minimum atomic E-state index is -0.199. The van der Waals surface area contributed by atoms with E-state index in [0.29, 0.717) is 11.1 Å². The molecule has 90 valence electrons. The summed E-state index contributed by atoms with van der Waals surface area (Å²) in [6, 6.07) is 10.6. The van der Waals surface area contributed by atoms with E-state index in [1.165, 1.54) is 6.20 Å². The fourth-order valence-corrected chi connectivity index (χ4v) is 1.70. The summed E-state index contributed by atoms with van der Waals surface area (Å²) in [5.74, 6) is -0.359. The first-order chi connectivity index (χ1) is 8.66. The number of benzene rings is 1. The number of aromatic nitrogens is 1. The Balaban J connectivity index is 2.11. The van der Waals surface area contributed by atoms with Crippen LogP contribution in [0.5, 0.6) is 0 Å². The fourth-order valence-electron chi connectivity index (χ4n) is 1.70. The molecule has 1 aromatic heterocycles. The Morgan fingerprint density at radius 3 is 2.44 bits per heavy atom. The largest absolute Gasteiger partial charge is 0.294 e. The van der Waals surface area contributed by atoms with Crippen LogP contribution in [-0.4, -0.2) is 16.6 Å². The van der Waals surface area contributed by atoms with Crippen LogP contribution in [0.25, 0.3) is 0 Å². The van der Waals surface area contributed by atoms with Crippen molar-refractivity contribution < 1.29 is 9.59 Å². The third-order valence-corrected chi connectivity index (χ3v) is 2.64. The number of pyridine rings is 1. The normalized spacial score (nSPS) is 10.1. The van der Waals surface area contributed by atoms with Crippen LogP contribution in [-0.2, 0) is 0 Å². The first kappa shape index (κ1) is 12.2. The Bertz CT molecular complexity index is 576. The van der Waals surface area contributed by atoms with Crippen molar-refractivity contribution in [2.24, 2.45) is 0 Å². The van der Waals surface area contributed by atoms with Gasteiger partial charge in [0.15, 0.2) is 11.6 Å². The molecule has 0 saturated heterocycles. The molecule has 0 aliphatic rings. The molecule has 3 nitrogen and oxygen atoms in total. The molecule has 0 unspecified atom stereocenters. The molecule has 0 fully saturated rings. The molecule has 0 spiro atoms. The number of rotatable bonds is 4. The van der Waals surface area contributed by atoms with Crippen molar-refractivity contribution in [1.29, 1.82) is 0 Å². The highest BCUT2D eigenvalue weighted by molar-refractivity contribution is 6.13. The van der Waals surface area contributed by atoms with E-state index in [2.05, 4.69) is 4.98 Å². The summed E-state index contributed by atoms with van der Waals surface area (Å²) in [5.41, 5.74) is 2.06. The molecule has 0 bridgehead atoms. The topological polar surface area (TPSA) is 47.0 Å². The van der Waals surface area contributed by atoms with Gasteiger partial charge in [0.1, 0.15) is 0 Å². The molecule has 0 amide bonds. The van der Waals surface area contributed by atoms with Gasteiger partial charge in [0.25, 0.3) is 0 Å². The SMILES string of the molecule is Cc1cccc(C(=O)CC(=O)c2cccnc2)c1. The predicted octanol–water partition coefficient (Wildman–Crippen LogP) is 2.85. The smallest absolute Gasteiger partial charge is 0.172 e. The van der Waals surface area contributed by atoms with Crippen LogP contribution in [0.4, 0.5) is 0 Å². The minimum Gasteiger partial charge on any atom is -0.294 e. The second-order valence-electron chi connectivity index (χ2n) is 4.13. The van der Waals surface area contributed by atoms with Crippen molar-refractivity contribution in [3.8, 4) is 0 Å². The Morgan fingerprint density at radius 2 is 1.78 bits per heavy atom. The zero-order valence-corrected chi connectivity index (χ0v) is 10.1. The van der Waals surface area contributed by atoms with Crippen molar-refractivity contribution in [3.63, 3.8) is 0 Å². The van der Waals surface area contributed by atoms with Crippen LogP contribution in [0, 0.1) is 6.92 Å². The summed E-state index contributed by atoms with van der Waals surface area (Å²) >= 11 is 0. The van der Waals surface area contributed by atoms with Crippen LogP contribution in [0.1, 0.15) is 32.7 Å². The van der Waals surface area contributed by atoms with Gasteiger partial charge < -0.3 is 0 Å². The highest BCUT2D eigenvalue weighted by Gasteiger charge is 2.13. The zero-order valence-electron chi connectivity index (χ0n) is 10.1. The average molecular weight is 239 g/mol. The molecule has 0 aliphatic heterocycles. The van der Waals surface area contributed by atoms with Gasteiger partial charge in [0.2, 0.25) is 0 Å². The van der Waals surface area contributed by atoms with Gasteiger partial charge in [-0.15, -0.1) is 0 Å². The molecule has 0 saturated carbocycles. The third kappa shape index (κ3) is 2.88. The molecular formula is C15H13NO2. The molecule has 1 aromatic carbocycles. The van der Waals surface area contributed by atoms with Gasteiger partial charge in [-0.3, -0.25) is 14.6 Å². The first-order valence-electron chi connectivity index (χ1n) is 5.70. The molecule has 18 heavy (non-hydrogen) atoms. The van der Waals surface area contributed by atoms with Crippen molar-refractivity contribution in [2.45, 2.75) is 13.3 Å². The van der Waals surface area contributed by atoms with Gasteiger partial charge in [-0.25, -0.2) is 0 Å². The van der Waals surface area contributed by atoms with Crippen LogP contribution >= 0.6 is 0 Å². The monoisotopic (exact) mass is 239 g/mol. The highest BCUT2D eigenvalue weighted by Crippen LogP contribution is 2.09. The quantitative estimate of drug-likeness (QED) is 0.608. The summed E-state index contributed by atoms with van der Waals surface area (Å²) < 4.78 is 0. The number of hydrogen-bond acceptors (Lipinski definition) is 3. The molecule has 2 aromatic rings. The van der Waals surface area contributed by atoms with Gasteiger partial charge in [0, 0.05) is 23.5 Å². The predicted molar refractivity (Wildman–Crippen MR) is 68.7 cm³/mol. The van der Waals surface area contributed by atoms with E-state index in [1.807, 2.05) is 19.1 Å². The Kier molecular flexibility index (Phi) is 3.63. The van der Waals surface area contributed by atoms with Gasteiger partial charge in [-0.05, 0) is 25.1 Å². The highest BCUT2D eigenvalue weighted by atomic mass is 16.1. The zero-order chi connectivity index (χ0) is 13.0. The lowest BCUT2D eigenvalue weighted by Crippen LogP contribution is -2.08. The van der Waals surface area contributed by atoms with Crippen molar-refractivity contribution in [3.05, 3.63) is 65.5 Å². The number of nitrogens with zero attached hydrogens (tertiary/aromatic N) is 1. The van der Waals surface area contributed by atoms with E-state index < -0.39 is 0 Å². The standard InChI is InChI=1S/C15H13NO2/c1-11-4-2-5-12(8-11)14(17)9-15(18)13-6-3-7-16-10-13/h2-8,10H,9H2,1H3. The number of ketones is 2. The molecule has 0 radical (unpaired) electrons. The number of carbonyl (C=O) groups excluding carboxylic acids is 2. The maximum atomic E-state index is 11.9. The maximum Gasteiger partial charge on any atom is 0.172 e. The van der Waals surface area contributed by atoms with Crippen LogP contribution in [0.15, 0.2) is 48.8 Å². The maximum absolute atomic E-state index is 11.9. The lowest BCUT2D eigenvalue weighted by Gasteiger charge is -2.02. The lowest BCUT2D eigenvalue weighted by atomic mass is 10.0. The van der Waals surface area contributed by atoms with Crippen LogP contribution < -0.4 is 0 Å². The van der Waals surface area contributed by atoms with E-state index in [-0.39, 0.29) is 18.0 Å². The summed E-state index contributed by atoms with van der Waals surface area (Å²) in [7, 11) is 0. The molecular weight excluding hydrogens is 226 g/mol. The van der Waals surface area contributed by atoms with Crippen molar-refractivity contribution in [1.82, 2.24) is 4.98 Å². The van der Waals surface area contributed by atoms with Crippen LogP contribution in [0.2, 0.25) is 0 Å². The number of Topliss-reactive ketones (excluding diaryl/α,β-unsaturated/α-hetero) is 2. The van der Waals surface area contributed by atoms with Crippen molar-refractivity contribution >= 4 is 11.6 Å². The molecule has 3 heteroatoms. The summed E-state index contributed by atoms with van der Waals surface area (Å²) in [6.07, 6.45) is 2.96. The Morgan fingerprint density at radius 1 is 1.06 bits per heavy atom. The fraction of sp³-hybridized carbons (Fsp3) is 0.133. The minimum absolute atomic E-state index is 0.116. The van der Waals surface area contributed by atoms with E-state index in [0.717, 1.165) is 5.56 Å². The van der Waals surface area contributed by atoms with Gasteiger partial charge in [-0.2, -0.15) is 0 Å². The first-order valence-corrected chi connectivity index (χ1v) is 5.70. The molecule has 2 rings (SSSR count). The van der Waals surface area contributed by atoms with E-state index in [1.54, 1.807) is 30.5 Å². The third-order valence-electron chi connectivity index (χ3n) is 2.64. The second kappa shape index (κ2) is 5.36.